The van der Waals surface area contributed by atoms with Crippen LogP contribution in [0.15, 0.2) is 71.4 Å². The van der Waals surface area contributed by atoms with Crippen LogP contribution in [0.3, 0.4) is 0 Å². The third kappa shape index (κ3) is 5.45. The van der Waals surface area contributed by atoms with Gasteiger partial charge in [0.1, 0.15) is 0 Å². The summed E-state index contributed by atoms with van der Waals surface area (Å²) in [5.74, 6) is 2.24. The van der Waals surface area contributed by atoms with Crippen molar-refractivity contribution >= 4 is 8.78 Å². The van der Waals surface area contributed by atoms with E-state index in [1.54, 1.807) is 55.7 Å². The molecule has 2 unspecified atom stereocenters. The first-order valence-corrected chi connectivity index (χ1v) is 17.0. The molecule has 1 aromatic carbocycles. The number of allylic oxidation sites excluding steroid dienone is 10. The zero-order chi connectivity index (χ0) is 28.9. The first-order chi connectivity index (χ1) is 18.9. The van der Waals surface area contributed by atoms with Gasteiger partial charge in [-0.3, -0.25) is 6.08 Å². The van der Waals surface area contributed by atoms with E-state index < -0.39 is 0 Å². The maximum absolute atomic E-state index is 2.99. The molecule has 0 bridgehead atoms. The second-order valence-electron chi connectivity index (χ2n) is 14.6. The van der Waals surface area contributed by atoms with Gasteiger partial charge >= 0.3 is 53.1 Å². The molecular formula is C39H50Cl2Zr-2. The van der Waals surface area contributed by atoms with Crippen LogP contribution in [-0.2, 0) is 30.7 Å². The third-order valence-electron chi connectivity index (χ3n) is 12.6. The normalized spacial score (nSPS) is 28.3. The van der Waals surface area contributed by atoms with Gasteiger partial charge in [-0.15, -0.1) is 13.3 Å². The van der Waals surface area contributed by atoms with Crippen molar-refractivity contribution in [3.8, 4) is 0 Å². The number of benzene rings is 1. The van der Waals surface area contributed by atoms with Gasteiger partial charge < -0.3 is 24.8 Å². The zero-order valence-corrected chi connectivity index (χ0v) is 31.2. The van der Waals surface area contributed by atoms with Gasteiger partial charge in [-0.2, -0.15) is 17.2 Å². The van der Waals surface area contributed by atoms with Crippen LogP contribution in [0.25, 0.3) is 5.57 Å². The molecule has 0 nitrogen and oxygen atoms in total. The van der Waals surface area contributed by atoms with Crippen LogP contribution in [0.4, 0.5) is 0 Å². The Kier molecular flexibility index (Phi) is 11.2. The third-order valence-corrected chi connectivity index (χ3v) is 13.8. The summed E-state index contributed by atoms with van der Waals surface area (Å²) in [4.78, 5) is 0. The van der Waals surface area contributed by atoms with E-state index in [0.717, 1.165) is 12.8 Å². The Bertz CT molecular complexity index is 1310. The fourth-order valence-electron chi connectivity index (χ4n) is 8.71. The molecule has 0 N–H and O–H groups in total. The van der Waals surface area contributed by atoms with Crippen molar-refractivity contribution in [3.05, 3.63) is 94.5 Å². The van der Waals surface area contributed by atoms with E-state index in [-0.39, 0.29) is 46.5 Å². The van der Waals surface area contributed by atoms with Crippen LogP contribution in [-0.4, -0.2) is 3.21 Å². The van der Waals surface area contributed by atoms with Gasteiger partial charge in [-0.25, -0.2) is 18.1 Å². The van der Waals surface area contributed by atoms with Crippen molar-refractivity contribution in [1.82, 2.24) is 0 Å². The van der Waals surface area contributed by atoms with Crippen LogP contribution in [0.1, 0.15) is 111 Å². The molecule has 0 radical (unpaired) electrons. The van der Waals surface area contributed by atoms with E-state index in [9.17, 15) is 0 Å². The van der Waals surface area contributed by atoms with E-state index >= 15 is 0 Å². The summed E-state index contributed by atoms with van der Waals surface area (Å²) in [6.07, 6.45) is 24.3. The average Bonchev–Trinajstić information content (AvgIpc) is 3.71. The van der Waals surface area contributed by atoms with E-state index in [0.29, 0.717) is 5.92 Å². The molecule has 42 heavy (non-hydrogen) atoms. The fraction of sp³-hybridized carbons (Fsp3) is 0.538. The van der Waals surface area contributed by atoms with Gasteiger partial charge in [-0.1, -0.05) is 113 Å². The molecular weight excluding hydrogens is 631 g/mol. The number of fused-ring (bicyclic) bond motifs is 6. The molecule has 0 amide bonds. The van der Waals surface area contributed by atoms with Crippen molar-refractivity contribution in [2.75, 3.05) is 0 Å². The van der Waals surface area contributed by atoms with Gasteiger partial charge in [-0.05, 0) is 40.6 Å². The van der Waals surface area contributed by atoms with Crippen LogP contribution in [0.5, 0.6) is 0 Å². The summed E-state index contributed by atoms with van der Waals surface area (Å²) in [6, 6.07) is 9.16. The molecule has 0 aromatic heterocycles. The van der Waals surface area contributed by atoms with E-state index in [1.807, 2.05) is 12.2 Å². The maximum atomic E-state index is 2.99. The van der Waals surface area contributed by atoms with Crippen LogP contribution < -0.4 is 24.8 Å². The second kappa shape index (κ2) is 13.2. The molecule has 2 fully saturated rings. The Labute approximate surface area is 284 Å². The predicted octanol–water partition coefficient (Wildman–Crippen LogP) is 4.56. The molecule has 0 aliphatic heterocycles. The minimum atomic E-state index is 0. The predicted molar refractivity (Wildman–Crippen MR) is 169 cm³/mol. The van der Waals surface area contributed by atoms with Crippen molar-refractivity contribution in [3.63, 3.8) is 0 Å². The number of hydrogen-bond acceptors (Lipinski definition) is 0. The van der Waals surface area contributed by atoms with Crippen LogP contribution in [0.2, 0.25) is 0 Å². The summed E-state index contributed by atoms with van der Waals surface area (Å²) in [5.41, 5.74) is 10.3. The molecule has 7 rings (SSSR count). The summed E-state index contributed by atoms with van der Waals surface area (Å²) in [6.45, 7) is 20.3. The van der Waals surface area contributed by atoms with Gasteiger partial charge in [0, 0.05) is 0 Å². The van der Waals surface area contributed by atoms with Gasteiger partial charge in [0.25, 0.3) is 0 Å². The average molecular weight is 681 g/mol. The summed E-state index contributed by atoms with van der Waals surface area (Å²) in [7, 11) is 0. The first kappa shape index (κ1) is 35.6. The zero-order valence-electron chi connectivity index (χ0n) is 27.2. The topological polar surface area (TPSA) is 0 Å². The molecule has 3 heteroatoms. The van der Waals surface area contributed by atoms with Crippen LogP contribution in [0, 0.1) is 39.6 Å². The Morgan fingerprint density at radius 2 is 1.57 bits per heavy atom. The van der Waals surface area contributed by atoms with E-state index in [1.165, 1.54) is 49.7 Å². The Morgan fingerprint density at radius 3 is 2.12 bits per heavy atom. The Hall–Kier alpha value is -0.877. The Balaban J connectivity index is 0.000000312. The first-order valence-electron chi connectivity index (χ1n) is 15.7. The van der Waals surface area contributed by atoms with E-state index in [4.69, 9.17) is 0 Å². The molecule has 0 heterocycles. The SMILES string of the molecule is C[C-]1C2=C3Cc4ccccc4C3=C3C=CCCC3C2(C)C(C)(C)C(C)(C)C1(C)C.[C-]1=CC=CC1.[Cl-].[Cl-].[Zr+2]=[C]1CCCC1. The molecule has 6 aliphatic carbocycles. The van der Waals surface area contributed by atoms with Crippen LogP contribution >= 0.6 is 0 Å². The quantitative estimate of drug-likeness (QED) is 0.353. The summed E-state index contributed by atoms with van der Waals surface area (Å²) in [5, 5.41) is 0. The number of rotatable bonds is 0. The van der Waals surface area contributed by atoms with Gasteiger partial charge in [0.2, 0.25) is 0 Å². The summed E-state index contributed by atoms with van der Waals surface area (Å²) < 4.78 is 1.79. The van der Waals surface area contributed by atoms with Crippen molar-refractivity contribution in [2.45, 2.75) is 107 Å². The standard InChI is InChI=1S/C29H37.C5H8.C5H5.2ClH.Zr/c1-18-25-22-17-19-13-9-10-14-20(19)24(22)21-15-11-12-16-23(21)29(25,8)28(6,7)27(4,5)26(18,2)3;2*1-2-4-5-3-1;;;/h9-11,13-15,23H,12,16-17H2,1-8H3;1-4H2;1-3H,4H2;2*1H;/q-1;;-1;;;+2/p-2. The van der Waals surface area contributed by atoms with Gasteiger partial charge in [0.05, 0.1) is 0 Å². The second-order valence-corrected chi connectivity index (χ2v) is 16.3. The minimum absolute atomic E-state index is 0. The monoisotopic (exact) mass is 678 g/mol. The molecule has 0 saturated heterocycles. The fourth-order valence-corrected chi connectivity index (χ4v) is 9.58. The summed E-state index contributed by atoms with van der Waals surface area (Å²) >= 11 is 1.68. The molecule has 2 atom stereocenters. The number of hydrogen-bond donors (Lipinski definition) is 0. The molecule has 2 saturated carbocycles. The van der Waals surface area contributed by atoms with Crippen molar-refractivity contribution in [1.29, 1.82) is 0 Å². The van der Waals surface area contributed by atoms with E-state index in [2.05, 4.69) is 104 Å². The Morgan fingerprint density at radius 1 is 0.905 bits per heavy atom. The van der Waals surface area contributed by atoms with Gasteiger partial charge in [0.15, 0.2) is 0 Å². The molecule has 226 valence electrons. The molecule has 1 aromatic rings. The number of halogens is 2. The van der Waals surface area contributed by atoms with Crippen molar-refractivity contribution < 1.29 is 49.0 Å². The van der Waals surface area contributed by atoms with Crippen molar-refractivity contribution in [2.24, 2.45) is 27.6 Å². The molecule has 0 spiro atoms. The molecule has 6 aliphatic rings.